The van der Waals surface area contributed by atoms with Crippen LogP contribution in [-0.4, -0.2) is 39.3 Å². The topological polar surface area (TPSA) is 58.6 Å². The van der Waals surface area contributed by atoms with E-state index in [9.17, 15) is 21.6 Å². The standard InChI is InChI=1S/C21H25F3N2O3S/c1-2-13-26-14-3-4-17(15-26)16-5-7-18(8-6-16)25-30(27,28)20-11-9-19(10-12-20)29-21(22,23)24/h5-12,17,25H,2-4,13-15H2,1H3. The van der Waals surface area contributed by atoms with Crippen LogP contribution in [-0.2, 0) is 10.0 Å². The van der Waals surface area contributed by atoms with Gasteiger partial charge in [-0.05, 0) is 80.2 Å². The van der Waals surface area contributed by atoms with Crippen molar-refractivity contribution in [3.05, 3.63) is 54.1 Å². The molecule has 0 aliphatic carbocycles. The molecule has 1 aliphatic heterocycles. The summed E-state index contributed by atoms with van der Waals surface area (Å²) in [6.45, 7) is 5.38. The average molecular weight is 443 g/mol. The quantitative estimate of drug-likeness (QED) is 0.657. The van der Waals surface area contributed by atoms with Gasteiger partial charge in [-0.3, -0.25) is 4.72 Å². The van der Waals surface area contributed by atoms with Crippen LogP contribution in [0.25, 0.3) is 0 Å². The van der Waals surface area contributed by atoms with Gasteiger partial charge in [0.1, 0.15) is 5.75 Å². The number of likely N-dealkylation sites (tertiary alicyclic amines) is 1. The maximum atomic E-state index is 12.5. The van der Waals surface area contributed by atoms with E-state index in [0.717, 1.165) is 63.2 Å². The van der Waals surface area contributed by atoms with Crippen molar-refractivity contribution in [3.8, 4) is 5.75 Å². The molecular weight excluding hydrogens is 417 g/mol. The Bertz CT molecular complexity index is 927. The summed E-state index contributed by atoms with van der Waals surface area (Å²) in [5.74, 6) is -0.0486. The fourth-order valence-corrected chi connectivity index (χ4v) is 4.76. The first-order valence-corrected chi connectivity index (χ1v) is 11.4. The van der Waals surface area contributed by atoms with Gasteiger partial charge >= 0.3 is 6.36 Å². The number of rotatable bonds is 7. The number of sulfonamides is 1. The van der Waals surface area contributed by atoms with Crippen LogP contribution in [0.5, 0.6) is 5.75 Å². The first-order valence-electron chi connectivity index (χ1n) is 9.87. The van der Waals surface area contributed by atoms with Gasteiger partial charge in [-0.15, -0.1) is 13.2 Å². The van der Waals surface area contributed by atoms with Gasteiger partial charge in [-0.25, -0.2) is 8.42 Å². The van der Waals surface area contributed by atoms with E-state index in [2.05, 4.69) is 21.3 Å². The van der Waals surface area contributed by atoms with Gasteiger partial charge in [-0.2, -0.15) is 0 Å². The van der Waals surface area contributed by atoms with Gasteiger partial charge in [0.25, 0.3) is 10.0 Å². The lowest BCUT2D eigenvalue weighted by Gasteiger charge is -2.32. The number of hydrogen-bond donors (Lipinski definition) is 1. The predicted molar refractivity (Wildman–Crippen MR) is 109 cm³/mol. The Morgan fingerprint density at radius 2 is 1.77 bits per heavy atom. The monoisotopic (exact) mass is 442 g/mol. The number of nitrogens with one attached hydrogen (secondary N) is 1. The number of piperidine rings is 1. The Balaban J connectivity index is 1.65. The summed E-state index contributed by atoms with van der Waals surface area (Å²) in [6, 6.07) is 11.4. The molecule has 3 rings (SSSR count). The lowest BCUT2D eigenvalue weighted by atomic mass is 9.90. The number of anilines is 1. The summed E-state index contributed by atoms with van der Waals surface area (Å²) in [6.07, 6.45) is -1.45. The zero-order valence-electron chi connectivity index (χ0n) is 16.7. The molecule has 1 unspecified atom stereocenters. The van der Waals surface area contributed by atoms with Crippen LogP contribution in [0.2, 0.25) is 0 Å². The van der Waals surface area contributed by atoms with Gasteiger partial charge in [0, 0.05) is 12.2 Å². The number of benzene rings is 2. The molecule has 30 heavy (non-hydrogen) atoms. The molecule has 2 aromatic rings. The summed E-state index contributed by atoms with van der Waals surface area (Å²) in [7, 11) is -3.92. The smallest absolute Gasteiger partial charge is 0.406 e. The largest absolute Gasteiger partial charge is 0.573 e. The summed E-state index contributed by atoms with van der Waals surface area (Å²) in [4.78, 5) is 2.31. The highest BCUT2D eigenvalue weighted by Gasteiger charge is 2.31. The Kier molecular flexibility index (Phi) is 6.92. The first kappa shape index (κ1) is 22.4. The van der Waals surface area contributed by atoms with Crippen molar-refractivity contribution in [1.29, 1.82) is 0 Å². The molecule has 1 heterocycles. The molecule has 0 bridgehead atoms. The maximum Gasteiger partial charge on any atom is 0.573 e. The van der Waals surface area contributed by atoms with Crippen LogP contribution < -0.4 is 9.46 Å². The number of halogens is 3. The summed E-state index contributed by atoms with van der Waals surface area (Å²) in [5.41, 5.74) is 1.57. The highest BCUT2D eigenvalue weighted by molar-refractivity contribution is 7.92. The molecule has 0 amide bonds. The Morgan fingerprint density at radius 1 is 1.10 bits per heavy atom. The minimum absolute atomic E-state index is 0.149. The molecule has 1 saturated heterocycles. The molecule has 5 nitrogen and oxygen atoms in total. The van der Waals surface area contributed by atoms with Gasteiger partial charge in [0.15, 0.2) is 0 Å². The van der Waals surface area contributed by atoms with E-state index in [1.165, 1.54) is 5.56 Å². The zero-order valence-corrected chi connectivity index (χ0v) is 17.5. The van der Waals surface area contributed by atoms with E-state index in [1.54, 1.807) is 12.1 Å². The van der Waals surface area contributed by atoms with E-state index in [1.807, 2.05) is 12.1 Å². The molecule has 0 radical (unpaired) electrons. The summed E-state index contributed by atoms with van der Waals surface area (Å²) < 4.78 is 68.0. The Labute approximate surface area is 174 Å². The van der Waals surface area contributed by atoms with Gasteiger partial charge in [0.2, 0.25) is 0 Å². The number of alkyl halides is 3. The minimum atomic E-state index is -4.83. The molecule has 1 atom stereocenters. The number of ether oxygens (including phenoxy) is 1. The van der Waals surface area contributed by atoms with Crippen molar-refractivity contribution in [2.45, 2.75) is 43.4 Å². The Morgan fingerprint density at radius 3 is 2.37 bits per heavy atom. The van der Waals surface area contributed by atoms with E-state index in [-0.39, 0.29) is 4.90 Å². The van der Waals surface area contributed by atoms with Crippen LogP contribution in [0.15, 0.2) is 53.4 Å². The van der Waals surface area contributed by atoms with Crippen molar-refractivity contribution in [2.24, 2.45) is 0 Å². The summed E-state index contributed by atoms with van der Waals surface area (Å²) >= 11 is 0. The summed E-state index contributed by atoms with van der Waals surface area (Å²) in [5, 5.41) is 0. The molecule has 164 valence electrons. The van der Waals surface area contributed by atoms with Crippen LogP contribution in [0.1, 0.15) is 37.7 Å². The maximum absolute atomic E-state index is 12.5. The molecule has 1 fully saturated rings. The molecule has 0 aromatic heterocycles. The van der Waals surface area contributed by atoms with Crippen molar-refractivity contribution >= 4 is 15.7 Å². The normalized spacial score (nSPS) is 18.2. The molecule has 2 aromatic carbocycles. The second-order valence-electron chi connectivity index (χ2n) is 7.39. The van der Waals surface area contributed by atoms with E-state index in [0.29, 0.717) is 11.6 Å². The molecule has 1 N–H and O–H groups in total. The first-order chi connectivity index (χ1) is 14.2. The van der Waals surface area contributed by atoms with Crippen molar-refractivity contribution in [3.63, 3.8) is 0 Å². The highest BCUT2D eigenvalue weighted by atomic mass is 32.2. The molecule has 0 saturated carbocycles. The van der Waals surface area contributed by atoms with Crippen molar-refractivity contribution < 1.29 is 26.3 Å². The second kappa shape index (κ2) is 9.26. The zero-order chi connectivity index (χ0) is 21.8. The lowest BCUT2D eigenvalue weighted by Crippen LogP contribution is -2.34. The van der Waals surface area contributed by atoms with Gasteiger partial charge in [-0.1, -0.05) is 19.1 Å². The lowest BCUT2D eigenvalue weighted by molar-refractivity contribution is -0.274. The third-order valence-corrected chi connectivity index (χ3v) is 6.44. The molecule has 9 heteroatoms. The average Bonchev–Trinajstić information content (AvgIpc) is 2.68. The van der Waals surface area contributed by atoms with Crippen LogP contribution in [0, 0.1) is 0 Å². The van der Waals surface area contributed by atoms with Crippen LogP contribution >= 0.6 is 0 Å². The SMILES string of the molecule is CCCN1CCCC(c2ccc(NS(=O)(=O)c3ccc(OC(F)(F)F)cc3)cc2)C1. The molecular formula is C21H25F3N2O3S. The van der Waals surface area contributed by atoms with Crippen LogP contribution in [0.4, 0.5) is 18.9 Å². The van der Waals surface area contributed by atoms with Gasteiger partial charge in [0.05, 0.1) is 4.90 Å². The second-order valence-corrected chi connectivity index (χ2v) is 9.07. The third kappa shape index (κ3) is 6.12. The van der Waals surface area contributed by atoms with Crippen molar-refractivity contribution in [2.75, 3.05) is 24.4 Å². The fraction of sp³-hybridized carbons (Fsp3) is 0.429. The van der Waals surface area contributed by atoms with E-state index in [4.69, 9.17) is 0 Å². The van der Waals surface area contributed by atoms with E-state index >= 15 is 0 Å². The predicted octanol–water partition coefficient (Wildman–Crippen LogP) is 4.98. The van der Waals surface area contributed by atoms with Gasteiger partial charge < -0.3 is 9.64 Å². The number of nitrogens with zero attached hydrogens (tertiary/aromatic N) is 1. The van der Waals surface area contributed by atoms with E-state index < -0.39 is 22.1 Å². The minimum Gasteiger partial charge on any atom is -0.406 e. The molecule has 0 spiro atoms. The highest BCUT2D eigenvalue weighted by Crippen LogP contribution is 2.29. The number of hydrogen-bond acceptors (Lipinski definition) is 4. The van der Waals surface area contributed by atoms with Crippen molar-refractivity contribution in [1.82, 2.24) is 4.90 Å². The van der Waals surface area contributed by atoms with Crippen LogP contribution in [0.3, 0.4) is 0 Å². The Hall–Kier alpha value is -2.26. The fourth-order valence-electron chi connectivity index (χ4n) is 3.70. The molecule has 1 aliphatic rings. The third-order valence-electron chi connectivity index (χ3n) is 5.05.